The number of nitrogens with two attached hydrogens (primary N) is 1. The number of carbonyl (C=O) groups is 1. The lowest BCUT2D eigenvalue weighted by atomic mass is 10.0. The summed E-state index contributed by atoms with van der Waals surface area (Å²) < 4.78 is 14.6. The van der Waals surface area contributed by atoms with Gasteiger partial charge in [-0.05, 0) is 46.1 Å². The fraction of sp³-hybridized carbons (Fsp3) is 0.0714. The first-order valence-corrected chi connectivity index (χ1v) is 6.15. The van der Waals surface area contributed by atoms with E-state index in [1.165, 1.54) is 0 Å². The van der Waals surface area contributed by atoms with Crippen molar-refractivity contribution in [3.05, 3.63) is 57.8 Å². The molecule has 0 radical (unpaired) electrons. The van der Waals surface area contributed by atoms with Gasteiger partial charge in [0, 0.05) is 10.0 Å². The van der Waals surface area contributed by atoms with E-state index in [1.54, 1.807) is 43.3 Å². The number of aryl methyl sites for hydroxylation is 1. The molecule has 2 aromatic carbocycles. The SMILES string of the molecule is Cc1cccc(-c2ccc(Br)c(C(N)=O)c2)c1F. The fourth-order valence-electron chi connectivity index (χ4n) is 1.75. The molecule has 0 saturated heterocycles. The molecule has 4 heteroatoms. The Labute approximate surface area is 113 Å². The van der Waals surface area contributed by atoms with Gasteiger partial charge in [0.25, 0.3) is 0 Å². The minimum absolute atomic E-state index is 0.282. The van der Waals surface area contributed by atoms with Crippen molar-refractivity contribution < 1.29 is 9.18 Å². The lowest BCUT2D eigenvalue weighted by Gasteiger charge is -2.08. The van der Waals surface area contributed by atoms with Gasteiger partial charge in [0.2, 0.25) is 5.91 Å². The molecule has 0 aliphatic heterocycles. The fourth-order valence-corrected chi connectivity index (χ4v) is 2.19. The largest absolute Gasteiger partial charge is 0.366 e. The van der Waals surface area contributed by atoms with Crippen molar-refractivity contribution >= 4 is 21.8 Å². The Morgan fingerprint density at radius 2 is 2.00 bits per heavy atom. The summed E-state index contributed by atoms with van der Waals surface area (Å²) in [6.07, 6.45) is 0. The first-order valence-electron chi connectivity index (χ1n) is 5.35. The van der Waals surface area contributed by atoms with E-state index in [-0.39, 0.29) is 5.82 Å². The zero-order valence-corrected chi connectivity index (χ0v) is 11.3. The molecule has 0 aliphatic carbocycles. The van der Waals surface area contributed by atoms with Crippen LogP contribution in [0.3, 0.4) is 0 Å². The number of rotatable bonds is 2. The van der Waals surface area contributed by atoms with Crippen LogP contribution in [0, 0.1) is 12.7 Å². The minimum atomic E-state index is -0.545. The number of halogens is 2. The maximum atomic E-state index is 14.0. The molecule has 2 aromatic rings. The van der Waals surface area contributed by atoms with Gasteiger partial charge in [-0.3, -0.25) is 4.79 Å². The average Bonchev–Trinajstić information content (AvgIpc) is 2.33. The van der Waals surface area contributed by atoms with Crippen LogP contribution in [0.4, 0.5) is 4.39 Å². The third kappa shape index (κ3) is 2.29. The Kier molecular flexibility index (Phi) is 3.48. The van der Waals surface area contributed by atoms with Crippen LogP contribution < -0.4 is 5.73 Å². The van der Waals surface area contributed by atoms with Gasteiger partial charge in [-0.25, -0.2) is 4.39 Å². The third-order valence-electron chi connectivity index (χ3n) is 2.73. The van der Waals surface area contributed by atoms with Gasteiger partial charge >= 0.3 is 0 Å². The summed E-state index contributed by atoms with van der Waals surface area (Å²) in [5.74, 6) is -0.827. The molecular weight excluding hydrogens is 297 g/mol. The van der Waals surface area contributed by atoms with Gasteiger partial charge in [-0.1, -0.05) is 24.3 Å². The van der Waals surface area contributed by atoms with Crippen molar-refractivity contribution in [3.8, 4) is 11.1 Å². The first-order chi connectivity index (χ1) is 8.50. The highest BCUT2D eigenvalue weighted by Crippen LogP contribution is 2.28. The Bertz CT molecular complexity index is 625. The monoisotopic (exact) mass is 307 g/mol. The molecule has 0 aliphatic rings. The maximum Gasteiger partial charge on any atom is 0.249 e. The van der Waals surface area contributed by atoms with Crippen molar-refractivity contribution in [1.82, 2.24) is 0 Å². The summed E-state index contributed by atoms with van der Waals surface area (Å²) in [7, 11) is 0. The van der Waals surface area contributed by atoms with Crippen LogP contribution in [0.25, 0.3) is 11.1 Å². The van der Waals surface area contributed by atoms with Crippen molar-refractivity contribution in [2.75, 3.05) is 0 Å². The summed E-state index contributed by atoms with van der Waals surface area (Å²) in [4.78, 5) is 11.3. The van der Waals surface area contributed by atoms with Gasteiger partial charge in [-0.15, -0.1) is 0 Å². The van der Waals surface area contributed by atoms with E-state index >= 15 is 0 Å². The van der Waals surface area contributed by atoms with Gasteiger partial charge in [0.05, 0.1) is 5.56 Å². The summed E-state index contributed by atoms with van der Waals surface area (Å²) in [5, 5.41) is 0. The summed E-state index contributed by atoms with van der Waals surface area (Å²) >= 11 is 3.24. The van der Waals surface area contributed by atoms with E-state index in [9.17, 15) is 9.18 Å². The van der Waals surface area contributed by atoms with Crippen LogP contribution in [0.15, 0.2) is 40.9 Å². The van der Waals surface area contributed by atoms with Gasteiger partial charge in [0.1, 0.15) is 5.82 Å². The molecule has 0 atom stereocenters. The van der Waals surface area contributed by atoms with E-state index in [4.69, 9.17) is 5.73 Å². The van der Waals surface area contributed by atoms with E-state index in [2.05, 4.69) is 15.9 Å². The molecule has 0 saturated carbocycles. The topological polar surface area (TPSA) is 43.1 Å². The molecule has 0 unspecified atom stereocenters. The Hall–Kier alpha value is -1.68. The molecule has 0 fully saturated rings. The van der Waals surface area contributed by atoms with Crippen LogP contribution in [0.1, 0.15) is 15.9 Å². The number of amides is 1. The van der Waals surface area contributed by atoms with Crippen LogP contribution >= 0.6 is 15.9 Å². The maximum absolute atomic E-state index is 14.0. The first kappa shape index (κ1) is 12.8. The van der Waals surface area contributed by atoms with Gasteiger partial charge in [0.15, 0.2) is 0 Å². The molecule has 18 heavy (non-hydrogen) atoms. The van der Waals surface area contributed by atoms with E-state index in [1.807, 2.05) is 0 Å². The standard InChI is InChI=1S/C14H11BrFNO/c1-8-3-2-4-10(13(8)16)9-5-6-12(15)11(7-9)14(17)18/h2-7H,1H3,(H2,17,18). The van der Waals surface area contributed by atoms with Crippen LogP contribution in [-0.4, -0.2) is 5.91 Å². The Morgan fingerprint density at radius 3 is 2.67 bits per heavy atom. The van der Waals surface area contributed by atoms with Gasteiger partial charge in [-0.2, -0.15) is 0 Å². The highest BCUT2D eigenvalue weighted by atomic mass is 79.9. The summed E-state index contributed by atoms with van der Waals surface area (Å²) in [6, 6.07) is 10.2. The number of hydrogen-bond acceptors (Lipinski definition) is 1. The zero-order chi connectivity index (χ0) is 13.3. The number of carbonyl (C=O) groups excluding carboxylic acids is 1. The zero-order valence-electron chi connectivity index (χ0n) is 9.71. The number of benzene rings is 2. The molecule has 0 aromatic heterocycles. The molecule has 2 rings (SSSR count). The molecular formula is C14H11BrFNO. The van der Waals surface area contributed by atoms with E-state index in [0.717, 1.165) is 0 Å². The minimum Gasteiger partial charge on any atom is -0.366 e. The van der Waals surface area contributed by atoms with Crippen molar-refractivity contribution in [2.45, 2.75) is 6.92 Å². The van der Waals surface area contributed by atoms with Gasteiger partial charge < -0.3 is 5.73 Å². The normalized spacial score (nSPS) is 10.4. The quantitative estimate of drug-likeness (QED) is 0.904. The van der Waals surface area contributed by atoms with Crippen molar-refractivity contribution in [1.29, 1.82) is 0 Å². The van der Waals surface area contributed by atoms with Crippen molar-refractivity contribution in [3.63, 3.8) is 0 Å². The lowest BCUT2D eigenvalue weighted by molar-refractivity contribution is 0.0999. The molecule has 0 bridgehead atoms. The second-order valence-corrected chi connectivity index (χ2v) is 4.85. The van der Waals surface area contributed by atoms with Crippen LogP contribution in [-0.2, 0) is 0 Å². The summed E-state index contributed by atoms with van der Waals surface area (Å²) in [5.41, 5.74) is 7.27. The molecule has 92 valence electrons. The smallest absolute Gasteiger partial charge is 0.249 e. The number of primary amides is 1. The summed E-state index contributed by atoms with van der Waals surface area (Å²) in [6.45, 7) is 1.70. The predicted molar refractivity (Wildman–Crippen MR) is 72.8 cm³/mol. The van der Waals surface area contributed by atoms with Crippen LogP contribution in [0.5, 0.6) is 0 Å². The molecule has 2 N–H and O–H groups in total. The Balaban J connectivity index is 2.62. The highest BCUT2D eigenvalue weighted by Gasteiger charge is 2.11. The molecule has 0 heterocycles. The predicted octanol–water partition coefficient (Wildman–Crippen LogP) is 3.66. The Morgan fingerprint density at radius 1 is 1.28 bits per heavy atom. The van der Waals surface area contributed by atoms with E-state index < -0.39 is 5.91 Å². The third-order valence-corrected chi connectivity index (χ3v) is 3.43. The van der Waals surface area contributed by atoms with Crippen LogP contribution in [0.2, 0.25) is 0 Å². The molecule has 0 spiro atoms. The lowest BCUT2D eigenvalue weighted by Crippen LogP contribution is -2.11. The second-order valence-electron chi connectivity index (χ2n) is 4.00. The number of hydrogen-bond donors (Lipinski definition) is 1. The average molecular weight is 308 g/mol. The van der Waals surface area contributed by atoms with E-state index in [0.29, 0.717) is 26.7 Å². The highest BCUT2D eigenvalue weighted by molar-refractivity contribution is 9.10. The molecule has 1 amide bonds. The second kappa shape index (κ2) is 4.90. The van der Waals surface area contributed by atoms with Crippen molar-refractivity contribution in [2.24, 2.45) is 5.73 Å². The molecule has 2 nitrogen and oxygen atoms in total.